The summed E-state index contributed by atoms with van der Waals surface area (Å²) in [5, 5.41) is 4.28. The molecule has 0 unspecified atom stereocenters. The Labute approximate surface area is 146 Å². The van der Waals surface area contributed by atoms with Gasteiger partial charge in [0.05, 0.1) is 17.0 Å². The van der Waals surface area contributed by atoms with Crippen LogP contribution in [0.5, 0.6) is 0 Å². The van der Waals surface area contributed by atoms with Gasteiger partial charge in [0.15, 0.2) is 12.4 Å². The molecular formula is C16H13ClFNO4S. The molecule has 0 saturated carbocycles. The van der Waals surface area contributed by atoms with Crippen molar-refractivity contribution in [1.29, 1.82) is 0 Å². The molecular weight excluding hydrogens is 357 g/mol. The number of carbonyl (C=O) groups is 3. The summed E-state index contributed by atoms with van der Waals surface area (Å²) in [4.78, 5) is 35.5. The largest absolute Gasteiger partial charge is 0.456 e. The van der Waals surface area contributed by atoms with Crippen LogP contribution in [-0.2, 0) is 14.3 Å². The Hall–Kier alpha value is -2.25. The van der Waals surface area contributed by atoms with E-state index >= 15 is 0 Å². The molecule has 0 aliphatic rings. The van der Waals surface area contributed by atoms with Crippen molar-refractivity contribution in [3.05, 3.63) is 51.4 Å². The standard InChI is InChI=1S/C16H13ClFNO4S/c17-10-3-4-11(18)12(8-10)19-15(21)9-23-16(22)6-5-13(20)14-2-1-7-24-14/h1-4,7-8H,5-6,9H2,(H,19,21). The molecule has 0 atom stereocenters. The minimum atomic E-state index is -0.700. The molecule has 1 aromatic heterocycles. The van der Waals surface area contributed by atoms with Gasteiger partial charge in [0.1, 0.15) is 5.82 Å². The van der Waals surface area contributed by atoms with E-state index in [1.165, 1.54) is 23.5 Å². The Morgan fingerprint density at radius 3 is 2.71 bits per heavy atom. The second-order valence-electron chi connectivity index (χ2n) is 4.73. The highest BCUT2D eigenvalue weighted by atomic mass is 35.5. The van der Waals surface area contributed by atoms with Crippen LogP contribution in [0.2, 0.25) is 5.02 Å². The van der Waals surface area contributed by atoms with Gasteiger partial charge in [-0.2, -0.15) is 0 Å². The van der Waals surface area contributed by atoms with Gasteiger partial charge in [-0.25, -0.2) is 4.39 Å². The van der Waals surface area contributed by atoms with Crippen LogP contribution in [0.15, 0.2) is 35.7 Å². The number of esters is 1. The number of carbonyl (C=O) groups excluding carboxylic acids is 3. The van der Waals surface area contributed by atoms with E-state index in [9.17, 15) is 18.8 Å². The van der Waals surface area contributed by atoms with E-state index < -0.39 is 24.3 Å². The maximum atomic E-state index is 13.5. The fraction of sp³-hybridized carbons (Fsp3) is 0.188. The van der Waals surface area contributed by atoms with E-state index in [2.05, 4.69) is 5.32 Å². The van der Waals surface area contributed by atoms with E-state index in [1.807, 2.05) is 0 Å². The molecule has 1 amide bonds. The van der Waals surface area contributed by atoms with Gasteiger partial charge in [-0.05, 0) is 29.6 Å². The number of ether oxygens (including phenoxy) is 1. The van der Waals surface area contributed by atoms with Gasteiger partial charge < -0.3 is 10.1 Å². The molecule has 5 nitrogen and oxygen atoms in total. The first kappa shape index (κ1) is 18.1. The zero-order valence-corrected chi connectivity index (χ0v) is 14.0. The Morgan fingerprint density at radius 2 is 2.00 bits per heavy atom. The molecule has 0 bridgehead atoms. The van der Waals surface area contributed by atoms with Crippen molar-refractivity contribution in [3.63, 3.8) is 0 Å². The Morgan fingerprint density at radius 1 is 1.21 bits per heavy atom. The molecule has 0 spiro atoms. The Bertz CT molecular complexity index is 749. The van der Waals surface area contributed by atoms with E-state index in [0.717, 1.165) is 6.07 Å². The molecule has 24 heavy (non-hydrogen) atoms. The molecule has 8 heteroatoms. The number of amides is 1. The van der Waals surface area contributed by atoms with Crippen LogP contribution in [-0.4, -0.2) is 24.3 Å². The van der Waals surface area contributed by atoms with Crippen LogP contribution in [0.1, 0.15) is 22.5 Å². The van der Waals surface area contributed by atoms with Crippen LogP contribution in [0.3, 0.4) is 0 Å². The van der Waals surface area contributed by atoms with E-state index in [1.54, 1.807) is 17.5 Å². The summed E-state index contributed by atoms with van der Waals surface area (Å²) < 4.78 is 18.2. The van der Waals surface area contributed by atoms with Gasteiger partial charge in [-0.1, -0.05) is 17.7 Å². The van der Waals surface area contributed by atoms with Crippen molar-refractivity contribution in [3.8, 4) is 0 Å². The number of ketones is 1. The summed E-state index contributed by atoms with van der Waals surface area (Å²) in [6.45, 7) is -0.571. The van der Waals surface area contributed by atoms with Crippen LogP contribution < -0.4 is 5.32 Å². The fourth-order valence-corrected chi connectivity index (χ4v) is 2.64. The topological polar surface area (TPSA) is 72.5 Å². The van der Waals surface area contributed by atoms with E-state index in [-0.39, 0.29) is 29.3 Å². The summed E-state index contributed by atoms with van der Waals surface area (Å²) in [6, 6.07) is 7.12. The van der Waals surface area contributed by atoms with Crippen molar-refractivity contribution in [1.82, 2.24) is 0 Å². The summed E-state index contributed by atoms with van der Waals surface area (Å²) in [5.74, 6) is -2.19. The van der Waals surface area contributed by atoms with Crippen LogP contribution >= 0.6 is 22.9 Å². The second-order valence-corrected chi connectivity index (χ2v) is 6.12. The third kappa shape index (κ3) is 5.43. The molecule has 0 saturated heterocycles. The summed E-state index contributed by atoms with van der Waals surface area (Å²) in [7, 11) is 0. The second kappa shape index (κ2) is 8.56. The molecule has 1 aromatic carbocycles. The Kier molecular flexibility index (Phi) is 6.45. The van der Waals surface area contributed by atoms with Crippen LogP contribution in [0, 0.1) is 5.82 Å². The number of anilines is 1. The van der Waals surface area contributed by atoms with Gasteiger partial charge in [-0.15, -0.1) is 11.3 Å². The van der Waals surface area contributed by atoms with Gasteiger partial charge >= 0.3 is 5.97 Å². The number of rotatable bonds is 7. The van der Waals surface area contributed by atoms with Gasteiger partial charge in [0, 0.05) is 11.4 Å². The number of thiophene rings is 1. The van der Waals surface area contributed by atoms with Gasteiger partial charge in [0.2, 0.25) is 0 Å². The van der Waals surface area contributed by atoms with Crippen molar-refractivity contribution < 1.29 is 23.5 Å². The average molecular weight is 370 g/mol. The predicted molar refractivity (Wildman–Crippen MR) is 88.9 cm³/mol. The highest BCUT2D eigenvalue weighted by Crippen LogP contribution is 2.19. The minimum absolute atomic E-state index is 0.00386. The summed E-state index contributed by atoms with van der Waals surface area (Å²) >= 11 is 7.00. The van der Waals surface area contributed by atoms with Crippen LogP contribution in [0.4, 0.5) is 10.1 Å². The van der Waals surface area contributed by atoms with Crippen molar-refractivity contribution in [2.24, 2.45) is 0 Å². The highest BCUT2D eigenvalue weighted by molar-refractivity contribution is 7.12. The molecule has 2 rings (SSSR count). The zero-order valence-electron chi connectivity index (χ0n) is 12.4. The molecule has 0 aliphatic carbocycles. The smallest absolute Gasteiger partial charge is 0.306 e. The van der Waals surface area contributed by atoms with Crippen molar-refractivity contribution >= 4 is 46.3 Å². The van der Waals surface area contributed by atoms with E-state index in [4.69, 9.17) is 16.3 Å². The first-order chi connectivity index (χ1) is 11.5. The van der Waals surface area contributed by atoms with Gasteiger partial charge in [-0.3, -0.25) is 14.4 Å². The number of benzene rings is 1. The number of hydrogen-bond acceptors (Lipinski definition) is 5. The Balaban J connectivity index is 1.74. The van der Waals surface area contributed by atoms with E-state index in [0.29, 0.717) is 4.88 Å². The number of hydrogen-bond donors (Lipinski definition) is 1. The number of nitrogens with one attached hydrogen (secondary N) is 1. The fourth-order valence-electron chi connectivity index (χ4n) is 1.77. The quantitative estimate of drug-likeness (QED) is 0.596. The highest BCUT2D eigenvalue weighted by Gasteiger charge is 2.13. The molecule has 1 N–H and O–H groups in total. The normalized spacial score (nSPS) is 10.2. The van der Waals surface area contributed by atoms with Gasteiger partial charge in [0.25, 0.3) is 5.91 Å². The maximum absolute atomic E-state index is 13.5. The average Bonchev–Trinajstić information content (AvgIpc) is 3.08. The predicted octanol–water partition coefficient (Wildman–Crippen LogP) is 3.69. The molecule has 0 fully saturated rings. The summed E-state index contributed by atoms with van der Waals surface area (Å²) in [6.07, 6.45) is -0.126. The molecule has 1 heterocycles. The third-order valence-electron chi connectivity index (χ3n) is 2.92. The summed E-state index contributed by atoms with van der Waals surface area (Å²) in [5.41, 5.74) is -0.101. The van der Waals surface area contributed by atoms with Crippen LogP contribution in [0.25, 0.3) is 0 Å². The first-order valence-electron chi connectivity index (χ1n) is 6.93. The number of halogens is 2. The lowest BCUT2D eigenvalue weighted by Gasteiger charge is -2.07. The zero-order chi connectivity index (χ0) is 17.5. The molecule has 2 aromatic rings. The lowest BCUT2D eigenvalue weighted by Crippen LogP contribution is -2.21. The van der Waals surface area contributed by atoms with Crippen molar-refractivity contribution in [2.45, 2.75) is 12.8 Å². The molecule has 126 valence electrons. The lowest BCUT2D eigenvalue weighted by atomic mass is 10.2. The lowest BCUT2D eigenvalue weighted by molar-refractivity contribution is -0.147. The minimum Gasteiger partial charge on any atom is -0.456 e. The SMILES string of the molecule is O=C(COC(=O)CCC(=O)c1cccs1)Nc1cc(Cl)ccc1F. The molecule has 0 radical (unpaired) electrons. The maximum Gasteiger partial charge on any atom is 0.306 e. The first-order valence-corrected chi connectivity index (χ1v) is 8.18. The third-order valence-corrected chi connectivity index (χ3v) is 4.06. The molecule has 0 aliphatic heterocycles. The van der Waals surface area contributed by atoms with Crippen molar-refractivity contribution in [2.75, 3.05) is 11.9 Å². The monoisotopic (exact) mass is 369 g/mol. The number of Topliss-reactive ketones (excluding diaryl/α,β-unsaturated/α-hetero) is 1.